The summed E-state index contributed by atoms with van der Waals surface area (Å²) in [6, 6.07) is 0. The second-order valence-corrected chi connectivity index (χ2v) is 2.77. The van der Waals surface area contributed by atoms with Crippen molar-refractivity contribution in [3.8, 4) is 0 Å². The van der Waals surface area contributed by atoms with E-state index in [1.165, 1.54) is 15.4 Å². The molecule has 45 valence electrons. The van der Waals surface area contributed by atoms with Crippen LogP contribution in [0.2, 0.25) is 0 Å². The van der Waals surface area contributed by atoms with Crippen molar-refractivity contribution < 1.29 is 18.3 Å². The summed E-state index contributed by atoms with van der Waals surface area (Å²) in [4.78, 5) is 3.11. The molecule has 0 amide bonds. The topological polar surface area (TPSA) is 15.8 Å². The maximum atomic E-state index is 3.11. The van der Waals surface area contributed by atoms with Gasteiger partial charge in [-0.05, 0) is 0 Å². The van der Waals surface area contributed by atoms with Crippen molar-refractivity contribution in [2.75, 3.05) is 0 Å². The molecule has 1 rings (SSSR count). The van der Waals surface area contributed by atoms with Gasteiger partial charge in [0.1, 0.15) is 0 Å². The van der Waals surface area contributed by atoms with Crippen LogP contribution in [0.3, 0.4) is 0 Å². The van der Waals surface area contributed by atoms with Crippen molar-refractivity contribution in [1.29, 1.82) is 0 Å². The zero-order valence-corrected chi connectivity index (χ0v) is 6.67. The molecule has 0 fully saturated rings. The molecular weight excluding hydrogens is 187 g/mol. The molecule has 1 nitrogen and oxygen atoms in total. The number of rotatable bonds is 0. The van der Waals surface area contributed by atoms with Gasteiger partial charge in [-0.1, -0.05) is 0 Å². The zero-order valence-electron chi connectivity index (χ0n) is 4.93. The zero-order chi connectivity index (χ0) is 6.15. The first-order valence-corrected chi connectivity index (χ1v) is 3.37. The molecule has 1 aromatic heterocycles. The van der Waals surface area contributed by atoms with Gasteiger partial charge >= 0.3 is 58.7 Å². The summed E-state index contributed by atoms with van der Waals surface area (Å²) in [6.45, 7) is 4.21. The van der Waals surface area contributed by atoms with Gasteiger partial charge in [0.25, 0.3) is 0 Å². The van der Waals surface area contributed by atoms with Crippen molar-refractivity contribution in [2.45, 2.75) is 13.8 Å². The average molecular weight is 195 g/mol. The Balaban J connectivity index is 3.19. The second-order valence-electron chi connectivity index (χ2n) is 1.90. The van der Waals surface area contributed by atoms with Gasteiger partial charge in [0, 0.05) is 0 Å². The molecule has 0 unspecified atom stereocenters. The SMILES string of the molecule is Cc1c[nH][c]([Ru])c1C. The van der Waals surface area contributed by atoms with Crippen molar-refractivity contribution in [3.63, 3.8) is 0 Å². The predicted molar refractivity (Wildman–Crippen MR) is 29.9 cm³/mol. The first-order valence-electron chi connectivity index (χ1n) is 2.50. The Hall–Kier alpha value is -0.0966. The fourth-order valence-corrected chi connectivity index (χ4v) is 1.02. The number of nitrogens with one attached hydrogen (secondary N) is 1. The minimum atomic E-state index is 1.21. The summed E-state index contributed by atoms with van der Waals surface area (Å²) in [5.74, 6) is 0. The van der Waals surface area contributed by atoms with Crippen LogP contribution < -0.4 is 4.29 Å². The summed E-state index contributed by atoms with van der Waals surface area (Å²) < 4.78 is 1.21. The molecule has 0 aliphatic carbocycles. The van der Waals surface area contributed by atoms with Crippen LogP contribution in [0.1, 0.15) is 11.1 Å². The standard InChI is InChI=1S/C6H8N.Ru/c1-5-3-7-4-6(5)2;/h3,7H,1-2H3;. The van der Waals surface area contributed by atoms with Crippen LogP contribution in [0.5, 0.6) is 0 Å². The first kappa shape index (κ1) is 6.03. The molecule has 0 radical (unpaired) electrons. The van der Waals surface area contributed by atoms with E-state index in [2.05, 4.69) is 37.1 Å². The Morgan fingerprint density at radius 1 is 1.50 bits per heavy atom. The second kappa shape index (κ2) is 2.02. The Kier molecular flexibility index (Phi) is 1.53. The van der Waals surface area contributed by atoms with Crippen molar-refractivity contribution in [2.24, 2.45) is 0 Å². The number of aromatic amines is 1. The maximum absolute atomic E-state index is 3.11. The van der Waals surface area contributed by atoms with Gasteiger partial charge in [-0.15, -0.1) is 0 Å². The Bertz CT molecular complexity index is 171. The fourth-order valence-electron chi connectivity index (χ4n) is 0.555. The summed E-state index contributed by atoms with van der Waals surface area (Å²) >= 11 is 2.56. The molecule has 0 aliphatic rings. The van der Waals surface area contributed by atoms with Crippen LogP contribution in [0.4, 0.5) is 0 Å². The van der Waals surface area contributed by atoms with Crippen LogP contribution in [0, 0.1) is 13.8 Å². The van der Waals surface area contributed by atoms with Gasteiger partial charge in [0.15, 0.2) is 0 Å². The summed E-state index contributed by atoms with van der Waals surface area (Å²) in [5, 5.41) is 0. The van der Waals surface area contributed by atoms with E-state index in [-0.39, 0.29) is 0 Å². The van der Waals surface area contributed by atoms with Gasteiger partial charge in [-0.3, -0.25) is 0 Å². The third-order valence-corrected chi connectivity index (χ3v) is 2.23. The molecular formula is C6H8NRu. The molecule has 1 aromatic rings. The van der Waals surface area contributed by atoms with Crippen LogP contribution in [-0.2, 0) is 18.3 Å². The van der Waals surface area contributed by atoms with E-state index >= 15 is 0 Å². The molecule has 0 aromatic carbocycles. The van der Waals surface area contributed by atoms with Gasteiger partial charge < -0.3 is 0 Å². The number of hydrogen-bond donors (Lipinski definition) is 1. The predicted octanol–water partition coefficient (Wildman–Crippen LogP) is 0.804. The van der Waals surface area contributed by atoms with Gasteiger partial charge in [0.05, 0.1) is 0 Å². The Morgan fingerprint density at radius 2 is 2.12 bits per heavy atom. The normalized spacial score (nSPS) is 9.88. The molecule has 8 heavy (non-hydrogen) atoms. The molecule has 0 atom stereocenters. The van der Waals surface area contributed by atoms with Crippen LogP contribution in [0.25, 0.3) is 0 Å². The van der Waals surface area contributed by atoms with Gasteiger partial charge in [-0.2, -0.15) is 0 Å². The van der Waals surface area contributed by atoms with E-state index in [0.29, 0.717) is 0 Å². The fraction of sp³-hybridized carbons (Fsp3) is 0.333. The van der Waals surface area contributed by atoms with E-state index in [4.69, 9.17) is 0 Å². The van der Waals surface area contributed by atoms with E-state index in [1.54, 1.807) is 0 Å². The molecule has 1 N–H and O–H groups in total. The number of aryl methyl sites for hydroxylation is 1. The third kappa shape index (κ3) is 0.852. The monoisotopic (exact) mass is 196 g/mol. The first-order chi connectivity index (χ1) is 3.72. The quantitative estimate of drug-likeness (QED) is 0.589. The number of H-pyrrole nitrogens is 1. The minimum absolute atomic E-state index is 1.21. The molecule has 0 aliphatic heterocycles. The number of hydrogen-bond acceptors (Lipinski definition) is 0. The molecule has 0 spiro atoms. The van der Waals surface area contributed by atoms with Gasteiger partial charge in [-0.25, -0.2) is 0 Å². The summed E-state index contributed by atoms with van der Waals surface area (Å²) in [7, 11) is 0. The van der Waals surface area contributed by atoms with Crippen LogP contribution in [0.15, 0.2) is 6.20 Å². The van der Waals surface area contributed by atoms with Crippen molar-refractivity contribution in [3.05, 3.63) is 17.3 Å². The molecule has 0 bridgehead atoms. The van der Waals surface area contributed by atoms with Crippen LogP contribution >= 0.6 is 0 Å². The molecule has 1 heterocycles. The molecule has 0 saturated carbocycles. The van der Waals surface area contributed by atoms with Crippen molar-refractivity contribution in [1.82, 2.24) is 4.98 Å². The van der Waals surface area contributed by atoms with Crippen LogP contribution in [-0.4, -0.2) is 4.98 Å². The molecule has 2 heteroatoms. The average Bonchev–Trinajstić information content (AvgIpc) is 1.98. The van der Waals surface area contributed by atoms with E-state index < -0.39 is 0 Å². The Morgan fingerprint density at radius 3 is 2.25 bits per heavy atom. The van der Waals surface area contributed by atoms with Crippen molar-refractivity contribution >= 4 is 4.29 Å². The summed E-state index contributed by atoms with van der Waals surface area (Å²) in [5.41, 5.74) is 2.68. The van der Waals surface area contributed by atoms with E-state index in [0.717, 1.165) is 0 Å². The number of aromatic nitrogens is 1. The van der Waals surface area contributed by atoms with E-state index in [1.807, 2.05) is 6.20 Å². The van der Waals surface area contributed by atoms with Gasteiger partial charge in [0.2, 0.25) is 0 Å². The third-order valence-electron chi connectivity index (χ3n) is 1.32. The molecule has 0 saturated heterocycles. The summed E-state index contributed by atoms with van der Waals surface area (Å²) in [6.07, 6.45) is 2.01. The Labute approximate surface area is 59.2 Å². The van der Waals surface area contributed by atoms with E-state index in [9.17, 15) is 0 Å².